The molecule has 0 aliphatic rings. The number of carbonyl (C=O) groups is 1. The molecular weight excluding hydrogens is 299 g/mol. The molecule has 1 N–H and O–H groups in total. The maximum absolute atomic E-state index is 13.8. The lowest BCUT2D eigenvalue weighted by atomic mass is 10.2. The van der Waals surface area contributed by atoms with Gasteiger partial charge in [0.15, 0.2) is 0 Å². The number of ether oxygens (including phenoxy) is 2. The molecule has 110 valence electrons. The van der Waals surface area contributed by atoms with Crippen LogP contribution in [0.4, 0.5) is 4.39 Å². The Balaban J connectivity index is 2.20. The number of aromatic carboxylic acids is 1. The van der Waals surface area contributed by atoms with Crippen LogP contribution < -0.4 is 9.47 Å². The second-order valence-corrected chi connectivity index (χ2v) is 4.63. The molecule has 2 aromatic carbocycles. The smallest absolute Gasteiger partial charge is 0.339 e. The molecule has 0 saturated carbocycles. The lowest BCUT2D eigenvalue weighted by Gasteiger charge is -2.11. The molecule has 0 bridgehead atoms. The standard InChI is InChI=1S/C15H12ClFO4/c1-20-11-4-2-9(13(17)7-11)8-21-14-6-10(16)3-5-12(14)15(18)19/h2-7H,8H2,1H3,(H,18,19). The van der Waals surface area contributed by atoms with Crippen LogP contribution >= 0.6 is 11.6 Å². The van der Waals surface area contributed by atoms with E-state index in [-0.39, 0.29) is 23.5 Å². The summed E-state index contributed by atoms with van der Waals surface area (Å²) in [7, 11) is 1.44. The van der Waals surface area contributed by atoms with E-state index >= 15 is 0 Å². The fraction of sp³-hybridized carbons (Fsp3) is 0.133. The summed E-state index contributed by atoms with van der Waals surface area (Å²) in [5, 5.41) is 9.40. The van der Waals surface area contributed by atoms with Gasteiger partial charge >= 0.3 is 5.97 Å². The molecule has 6 heteroatoms. The highest BCUT2D eigenvalue weighted by molar-refractivity contribution is 6.30. The summed E-state index contributed by atoms with van der Waals surface area (Å²) in [4.78, 5) is 11.1. The first kappa shape index (κ1) is 15.1. The molecule has 0 aromatic heterocycles. The van der Waals surface area contributed by atoms with Gasteiger partial charge in [0.2, 0.25) is 0 Å². The van der Waals surface area contributed by atoms with E-state index in [2.05, 4.69) is 0 Å². The fourth-order valence-electron chi connectivity index (χ4n) is 1.72. The van der Waals surface area contributed by atoms with Crippen molar-refractivity contribution in [3.63, 3.8) is 0 Å². The summed E-state index contributed by atoms with van der Waals surface area (Å²) in [6, 6.07) is 8.51. The maximum Gasteiger partial charge on any atom is 0.339 e. The van der Waals surface area contributed by atoms with Gasteiger partial charge in [0.25, 0.3) is 0 Å². The highest BCUT2D eigenvalue weighted by Crippen LogP contribution is 2.25. The van der Waals surface area contributed by atoms with Crippen LogP contribution in [-0.2, 0) is 6.61 Å². The van der Waals surface area contributed by atoms with E-state index in [0.29, 0.717) is 10.8 Å². The predicted molar refractivity (Wildman–Crippen MR) is 75.7 cm³/mol. The van der Waals surface area contributed by atoms with Crippen molar-refractivity contribution >= 4 is 17.6 Å². The molecule has 4 nitrogen and oxygen atoms in total. The first-order valence-corrected chi connectivity index (χ1v) is 6.37. The second kappa shape index (κ2) is 6.45. The van der Waals surface area contributed by atoms with Crippen LogP contribution in [0.25, 0.3) is 0 Å². The van der Waals surface area contributed by atoms with Gasteiger partial charge in [-0.2, -0.15) is 0 Å². The summed E-state index contributed by atoms with van der Waals surface area (Å²) in [5.74, 6) is -1.15. The molecule has 0 spiro atoms. The third-order valence-electron chi connectivity index (χ3n) is 2.82. The average Bonchev–Trinajstić information content (AvgIpc) is 2.45. The van der Waals surface area contributed by atoms with Gasteiger partial charge in [-0.1, -0.05) is 11.6 Å². The number of carboxylic acids is 1. The molecule has 0 aliphatic heterocycles. The Hall–Kier alpha value is -2.27. The van der Waals surface area contributed by atoms with Crippen molar-refractivity contribution < 1.29 is 23.8 Å². The van der Waals surface area contributed by atoms with E-state index in [4.69, 9.17) is 26.2 Å². The Morgan fingerprint density at radius 1 is 1.29 bits per heavy atom. The number of carboxylic acid groups (broad SMARTS) is 1. The predicted octanol–water partition coefficient (Wildman–Crippen LogP) is 3.76. The number of methoxy groups -OCH3 is 1. The zero-order valence-corrected chi connectivity index (χ0v) is 11.9. The molecule has 0 amide bonds. The van der Waals surface area contributed by atoms with Crippen LogP contribution in [0.3, 0.4) is 0 Å². The number of hydrogen-bond acceptors (Lipinski definition) is 3. The van der Waals surface area contributed by atoms with E-state index in [1.54, 1.807) is 6.07 Å². The molecule has 2 rings (SSSR count). The van der Waals surface area contributed by atoms with E-state index in [1.165, 1.54) is 37.4 Å². The third-order valence-corrected chi connectivity index (χ3v) is 3.05. The van der Waals surface area contributed by atoms with E-state index < -0.39 is 11.8 Å². The number of rotatable bonds is 5. The van der Waals surface area contributed by atoms with Gasteiger partial charge in [-0.15, -0.1) is 0 Å². The molecule has 0 heterocycles. The van der Waals surface area contributed by atoms with Crippen LogP contribution in [0, 0.1) is 5.82 Å². The molecule has 2 aromatic rings. The van der Waals surface area contributed by atoms with Crippen molar-refractivity contribution in [2.45, 2.75) is 6.61 Å². The van der Waals surface area contributed by atoms with E-state index in [0.717, 1.165) is 0 Å². The Bertz CT molecular complexity index is 673. The summed E-state index contributed by atoms with van der Waals surface area (Å²) in [5.41, 5.74) is 0.250. The van der Waals surface area contributed by atoms with Gasteiger partial charge in [-0.05, 0) is 30.3 Å². The van der Waals surface area contributed by atoms with Gasteiger partial charge in [0.1, 0.15) is 29.5 Å². The summed E-state index contributed by atoms with van der Waals surface area (Å²) in [6.07, 6.45) is 0. The fourth-order valence-corrected chi connectivity index (χ4v) is 1.88. The number of hydrogen-bond donors (Lipinski definition) is 1. The minimum Gasteiger partial charge on any atom is -0.497 e. The van der Waals surface area contributed by atoms with Crippen molar-refractivity contribution in [2.24, 2.45) is 0 Å². The van der Waals surface area contributed by atoms with Gasteiger partial charge in [0, 0.05) is 16.7 Å². The summed E-state index contributed by atoms with van der Waals surface area (Å²) < 4.78 is 24.1. The molecule has 0 aliphatic carbocycles. The lowest BCUT2D eigenvalue weighted by Crippen LogP contribution is -2.04. The molecule has 0 fully saturated rings. The Labute approximate surface area is 125 Å². The van der Waals surface area contributed by atoms with Crippen molar-refractivity contribution in [1.29, 1.82) is 0 Å². The SMILES string of the molecule is COc1ccc(COc2cc(Cl)ccc2C(=O)O)c(F)c1. The van der Waals surface area contributed by atoms with Crippen molar-refractivity contribution in [3.05, 3.63) is 58.4 Å². The Morgan fingerprint density at radius 3 is 2.67 bits per heavy atom. The monoisotopic (exact) mass is 310 g/mol. The van der Waals surface area contributed by atoms with Crippen molar-refractivity contribution in [3.8, 4) is 11.5 Å². The average molecular weight is 311 g/mol. The molecular formula is C15H12ClFO4. The van der Waals surface area contributed by atoms with Crippen molar-refractivity contribution in [2.75, 3.05) is 7.11 Å². The number of benzene rings is 2. The highest BCUT2D eigenvalue weighted by Gasteiger charge is 2.13. The molecule has 0 atom stereocenters. The highest BCUT2D eigenvalue weighted by atomic mass is 35.5. The van der Waals surface area contributed by atoms with Crippen LogP contribution in [0.15, 0.2) is 36.4 Å². The van der Waals surface area contributed by atoms with Gasteiger partial charge < -0.3 is 14.6 Å². The Kier molecular flexibility index (Phi) is 4.65. The normalized spacial score (nSPS) is 10.2. The van der Waals surface area contributed by atoms with E-state index in [9.17, 15) is 9.18 Å². The van der Waals surface area contributed by atoms with Gasteiger partial charge in [0.05, 0.1) is 7.11 Å². The molecule has 0 saturated heterocycles. The quantitative estimate of drug-likeness (QED) is 0.913. The maximum atomic E-state index is 13.8. The zero-order chi connectivity index (χ0) is 15.4. The van der Waals surface area contributed by atoms with Gasteiger partial charge in [-0.25, -0.2) is 9.18 Å². The minimum atomic E-state index is -1.14. The van der Waals surface area contributed by atoms with Crippen LogP contribution in [0.2, 0.25) is 5.02 Å². The van der Waals surface area contributed by atoms with Crippen LogP contribution in [0.5, 0.6) is 11.5 Å². The topological polar surface area (TPSA) is 55.8 Å². The third kappa shape index (κ3) is 3.64. The first-order chi connectivity index (χ1) is 10.0. The van der Waals surface area contributed by atoms with Crippen LogP contribution in [0.1, 0.15) is 15.9 Å². The zero-order valence-electron chi connectivity index (χ0n) is 11.1. The molecule has 0 radical (unpaired) electrons. The van der Waals surface area contributed by atoms with E-state index in [1.807, 2.05) is 0 Å². The Morgan fingerprint density at radius 2 is 2.05 bits per heavy atom. The summed E-state index contributed by atoms with van der Waals surface area (Å²) in [6.45, 7) is -0.115. The molecule has 0 unspecified atom stereocenters. The van der Waals surface area contributed by atoms with Crippen molar-refractivity contribution in [1.82, 2.24) is 0 Å². The first-order valence-electron chi connectivity index (χ1n) is 5.99. The number of halogens is 2. The van der Waals surface area contributed by atoms with Gasteiger partial charge in [-0.3, -0.25) is 0 Å². The second-order valence-electron chi connectivity index (χ2n) is 4.19. The van der Waals surface area contributed by atoms with Crippen LogP contribution in [-0.4, -0.2) is 18.2 Å². The largest absolute Gasteiger partial charge is 0.497 e. The molecule has 21 heavy (non-hydrogen) atoms. The minimum absolute atomic E-state index is 0.0340. The summed E-state index contributed by atoms with van der Waals surface area (Å²) >= 11 is 5.81. The lowest BCUT2D eigenvalue weighted by molar-refractivity contribution is 0.0692.